The predicted molar refractivity (Wildman–Crippen MR) is 78.9 cm³/mol. The second-order valence-electron chi connectivity index (χ2n) is 6.57. The Morgan fingerprint density at radius 1 is 1.28 bits per heavy atom. The molecule has 100 valence electrons. The predicted octanol–water partition coefficient (Wildman–Crippen LogP) is 3.95. The SMILES string of the molecule is Cc1ccccc1CC(C)(CNC1CC1)C(C)C. The van der Waals surface area contributed by atoms with Gasteiger partial charge in [0.05, 0.1) is 0 Å². The van der Waals surface area contributed by atoms with Crippen molar-refractivity contribution >= 4 is 0 Å². The first-order valence-corrected chi connectivity index (χ1v) is 7.29. The van der Waals surface area contributed by atoms with Gasteiger partial charge in [-0.05, 0) is 48.6 Å². The highest BCUT2D eigenvalue weighted by molar-refractivity contribution is 5.26. The van der Waals surface area contributed by atoms with Crippen molar-refractivity contribution in [3.8, 4) is 0 Å². The average molecular weight is 245 g/mol. The molecule has 1 aliphatic carbocycles. The number of rotatable bonds is 6. The molecule has 1 aromatic rings. The van der Waals surface area contributed by atoms with Crippen molar-refractivity contribution in [3.05, 3.63) is 35.4 Å². The first-order valence-electron chi connectivity index (χ1n) is 7.29. The van der Waals surface area contributed by atoms with E-state index in [0.29, 0.717) is 11.3 Å². The Balaban J connectivity index is 2.06. The van der Waals surface area contributed by atoms with E-state index in [4.69, 9.17) is 0 Å². The Bertz CT molecular complexity index is 392. The maximum absolute atomic E-state index is 3.72. The normalized spacial score (nSPS) is 18.9. The summed E-state index contributed by atoms with van der Waals surface area (Å²) in [4.78, 5) is 0. The van der Waals surface area contributed by atoms with Crippen molar-refractivity contribution in [1.29, 1.82) is 0 Å². The summed E-state index contributed by atoms with van der Waals surface area (Å²) in [6, 6.07) is 9.61. The van der Waals surface area contributed by atoms with Crippen LogP contribution in [0, 0.1) is 18.3 Å². The molecule has 0 spiro atoms. The molecular formula is C17H27N. The maximum Gasteiger partial charge on any atom is 0.00684 e. The van der Waals surface area contributed by atoms with E-state index in [1.807, 2.05) is 0 Å². The van der Waals surface area contributed by atoms with Crippen molar-refractivity contribution in [2.75, 3.05) is 6.54 Å². The molecule has 0 radical (unpaired) electrons. The largest absolute Gasteiger partial charge is 0.313 e. The summed E-state index contributed by atoms with van der Waals surface area (Å²) < 4.78 is 0. The third kappa shape index (κ3) is 3.35. The quantitative estimate of drug-likeness (QED) is 0.800. The van der Waals surface area contributed by atoms with Gasteiger partial charge in [-0.2, -0.15) is 0 Å². The van der Waals surface area contributed by atoms with Crippen molar-refractivity contribution < 1.29 is 0 Å². The van der Waals surface area contributed by atoms with E-state index < -0.39 is 0 Å². The van der Waals surface area contributed by atoms with E-state index >= 15 is 0 Å². The Morgan fingerprint density at radius 3 is 2.50 bits per heavy atom. The number of benzene rings is 1. The molecule has 1 unspecified atom stereocenters. The lowest BCUT2D eigenvalue weighted by molar-refractivity contribution is 0.206. The molecule has 18 heavy (non-hydrogen) atoms. The zero-order chi connectivity index (χ0) is 13.2. The number of aryl methyl sites for hydroxylation is 1. The van der Waals surface area contributed by atoms with Gasteiger partial charge in [0.25, 0.3) is 0 Å². The third-order valence-corrected chi connectivity index (χ3v) is 4.62. The highest BCUT2D eigenvalue weighted by atomic mass is 15.0. The summed E-state index contributed by atoms with van der Waals surface area (Å²) in [7, 11) is 0. The standard InChI is InChI=1S/C17H27N/c1-13(2)17(4,12-18-16-9-10-16)11-15-8-6-5-7-14(15)3/h5-8,13,16,18H,9-12H2,1-4H3. The van der Waals surface area contributed by atoms with Crippen molar-refractivity contribution in [2.24, 2.45) is 11.3 Å². The number of hydrogen-bond acceptors (Lipinski definition) is 1. The molecule has 0 aromatic heterocycles. The fourth-order valence-corrected chi connectivity index (χ4v) is 2.38. The Kier molecular flexibility index (Phi) is 4.11. The zero-order valence-corrected chi connectivity index (χ0v) is 12.3. The minimum Gasteiger partial charge on any atom is -0.313 e. The maximum atomic E-state index is 3.72. The minimum atomic E-state index is 0.356. The summed E-state index contributed by atoms with van der Waals surface area (Å²) in [6.07, 6.45) is 3.92. The Morgan fingerprint density at radius 2 is 1.94 bits per heavy atom. The van der Waals surface area contributed by atoms with Crippen LogP contribution in [0.25, 0.3) is 0 Å². The molecule has 1 atom stereocenters. The van der Waals surface area contributed by atoms with Crippen LogP contribution in [0.5, 0.6) is 0 Å². The Labute approximate surface area is 112 Å². The molecule has 0 saturated heterocycles. The fraction of sp³-hybridized carbons (Fsp3) is 0.647. The van der Waals surface area contributed by atoms with E-state index in [1.165, 1.54) is 30.4 Å². The first-order chi connectivity index (χ1) is 8.51. The Hall–Kier alpha value is -0.820. The number of nitrogens with one attached hydrogen (secondary N) is 1. The summed E-state index contributed by atoms with van der Waals surface area (Å²) in [6.45, 7) is 10.5. The van der Waals surface area contributed by atoms with Crippen LogP contribution in [0.1, 0.15) is 44.7 Å². The van der Waals surface area contributed by atoms with Gasteiger partial charge in [0, 0.05) is 12.6 Å². The van der Waals surface area contributed by atoms with Crippen LogP contribution in [0.2, 0.25) is 0 Å². The molecule has 1 saturated carbocycles. The van der Waals surface area contributed by atoms with E-state index in [9.17, 15) is 0 Å². The van der Waals surface area contributed by atoms with Crippen LogP contribution in [0.15, 0.2) is 24.3 Å². The van der Waals surface area contributed by atoms with Crippen LogP contribution in [-0.2, 0) is 6.42 Å². The van der Waals surface area contributed by atoms with Gasteiger partial charge < -0.3 is 5.32 Å². The van der Waals surface area contributed by atoms with E-state index in [1.54, 1.807) is 0 Å². The first kappa shape index (κ1) is 13.6. The van der Waals surface area contributed by atoms with Gasteiger partial charge in [0.1, 0.15) is 0 Å². The summed E-state index contributed by atoms with van der Waals surface area (Å²) in [5, 5.41) is 3.72. The van der Waals surface area contributed by atoms with Crippen LogP contribution >= 0.6 is 0 Å². The molecule has 1 aliphatic rings. The monoisotopic (exact) mass is 245 g/mol. The molecule has 0 aliphatic heterocycles. The topological polar surface area (TPSA) is 12.0 Å². The smallest absolute Gasteiger partial charge is 0.00684 e. The molecule has 0 bridgehead atoms. The molecule has 1 N–H and O–H groups in total. The van der Waals surface area contributed by atoms with Crippen LogP contribution in [-0.4, -0.2) is 12.6 Å². The summed E-state index contributed by atoms with van der Waals surface area (Å²) in [5.41, 5.74) is 3.29. The van der Waals surface area contributed by atoms with Gasteiger partial charge in [-0.25, -0.2) is 0 Å². The van der Waals surface area contributed by atoms with Gasteiger partial charge in [-0.15, -0.1) is 0 Å². The van der Waals surface area contributed by atoms with Crippen LogP contribution in [0.3, 0.4) is 0 Å². The summed E-state index contributed by atoms with van der Waals surface area (Å²) in [5.74, 6) is 0.698. The lowest BCUT2D eigenvalue weighted by atomic mass is 9.73. The third-order valence-electron chi connectivity index (χ3n) is 4.62. The highest BCUT2D eigenvalue weighted by Gasteiger charge is 2.31. The van der Waals surface area contributed by atoms with E-state index in [-0.39, 0.29) is 0 Å². The molecular weight excluding hydrogens is 218 g/mol. The lowest BCUT2D eigenvalue weighted by Gasteiger charge is -2.35. The highest BCUT2D eigenvalue weighted by Crippen LogP contribution is 2.33. The molecule has 1 heteroatoms. The summed E-state index contributed by atoms with van der Waals surface area (Å²) >= 11 is 0. The van der Waals surface area contributed by atoms with Crippen LogP contribution in [0.4, 0.5) is 0 Å². The molecule has 0 amide bonds. The second-order valence-corrected chi connectivity index (χ2v) is 6.57. The van der Waals surface area contributed by atoms with Gasteiger partial charge >= 0.3 is 0 Å². The van der Waals surface area contributed by atoms with Gasteiger partial charge in [-0.1, -0.05) is 45.0 Å². The van der Waals surface area contributed by atoms with Gasteiger partial charge in [0.2, 0.25) is 0 Å². The van der Waals surface area contributed by atoms with Gasteiger partial charge in [-0.3, -0.25) is 0 Å². The van der Waals surface area contributed by atoms with Gasteiger partial charge in [0.15, 0.2) is 0 Å². The molecule has 1 fully saturated rings. The van der Waals surface area contributed by atoms with E-state index in [0.717, 1.165) is 12.6 Å². The molecule has 0 heterocycles. The van der Waals surface area contributed by atoms with Crippen LogP contribution < -0.4 is 5.32 Å². The van der Waals surface area contributed by atoms with Crippen molar-refractivity contribution in [3.63, 3.8) is 0 Å². The van der Waals surface area contributed by atoms with Crippen molar-refractivity contribution in [2.45, 2.75) is 53.0 Å². The van der Waals surface area contributed by atoms with Crippen molar-refractivity contribution in [1.82, 2.24) is 5.32 Å². The zero-order valence-electron chi connectivity index (χ0n) is 12.3. The molecule has 1 aromatic carbocycles. The second kappa shape index (κ2) is 5.44. The fourth-order valence-electron chi connectivity index (χ4n) is 2.38. The number of hydrogen-bond donors (Lipinski definition) is 1. The average Bonchev–Trinajstić information content (AvgIpc) is 3.13. The van der Waals surface area contributed by atoms with E-state index in [2.05, 4.69) is 57.3 Å². The lowest BCUT2D eigenvalue weighted by Crippen LogP contribution is -2.39. The molecule has 2 rings (SSSR count). The minimum absolute atomic E-state index is 0.356. The molecule has 1 nitrogen and oxygen atoms in total.